The minimum absolute atomic E-state index is 0.0698. The summed E-state index contributed by atoms with van der Waals surface area (Å²) in [5.41, 5.74) is 0.702. The van der Waals surface area contributed by atoms with Gasteiger partial charge in [0.1, 0.15) is 0 Å². The predicted octanol–water partition coefficient (Wildman–Crippen LogP) is 5.86. The minimum Gasteiger partial charge on any atom is -0.493 e. The number of allylic oxidation sites excluding steroid dienone is 1. The zero-order chi connectivity index (χ0) is 22.8. The van der Waals surface area contributed by atoms with Crippen molar-refractivity contribution in [3.05, 3.63) is 70.6 Å². The molecule has 0 aromatic heterocycles. The molecule has 0 aliphatic carbocycles. The van der Waals surface area contributed by atoms with E-state index in [0.717, 1.165) is 34.4 Å². The number of halogens is 3. The lowest BCUT2D eigenvalue weighted by Gasteiger charge is -2.16. The number of amides is 1. The van der Waals surface area contributed by atoms with Crippen molar-refractivity contribution in [1.29, 1.82) is 0 Å². The number of alkyl halides is 3. The number of hydrogen-bond acceptors (Lipinski definition) is 5. The molecule has 2 aromatic carbocycles. The largest absolute Gasteiger partial charge is 0.493 e. The second-order valence-corrected chi connectivity index (χ2v) is 8.15. The fourth-order valence-electron chi connectivity index (χ4n) is 3.12. The number of rotatable bonds is 6. The van der Waals surface area contributed by atoms with E-state index in [1.807, 2.05) is 6.07 Å². The fourth-order valence-corrected chi connectivity index (χ4v) is 4.42. The third-order valence-corrected chi connectivity index (χ3v) is 5.77. The Labute approximate surface area is 187 Å². The third kappa shape index (κ3) is 4.77. The maximum absolute atomic E-state index is 13.1. The molecule has 4 nitrogen and oxygen atoms in total. The molecule has 0 N–H and O–H groups in total. The summed E-state index contributed by atoms with van der Waals surface area (Å²) in [6, 6.07) is 8.06. The summed E-state index contributed by atoms with van der Waals surface area (Å²) in [6.07, 6.45) is -0.657. The third-order valence-electron chi connectivity index (χ3n) is 4.47. The molecule has 0 bridgehead atoms. The number of ether oxygens (including phenoxy) is 2. The van der Waals surface area contributed by atoms with Crippen LogP contribution in [0.5, 0.6) is 11.5 Å². The van der Waals surface area contributed by atoms with Gasteiger partial charge in [-0.05, 0) is 48.4 Å². The van der Waals surface area contributed by atoms with Gasteiger partial charge in [0.15, 0.2) is 15.8 Å². The molecular formula is C22H18F3NO3S2. The number of carbonyl (C=O) groups excluding carboxylic acids is 1. The van der Waals surface area contributed by atoms with Crippen molar-refractivity contribution < 1.29 is 27.4 Å². The molecule has 3 rings (SSSR count). The lowest BCUT2D eigenvalue weighted by Crippen LogP contribution is -2.27. The monoisotopic (exact) mass is 465 g/mol. The first-order valence-electron chi connectivity index (χ1n) is 9.00. The normalized spacial score (nSPS) is 15.5. The second-order valence-electron chi connectivity index (χ2n) is 6.47. The molecule has 0 unspecified atom stereocenters. The summed E-state index contributed by atoms with van der Waals surface area (Å²) in [7, 11) is 3.04. The van der Waals surface area contributed by atoms with E-state index in [2.05, 4.69) is 6.58 Å². The number of carbonyl (C=O) groups is 1. The summed E-state index contributed by atoms with van der Waals surface area (Å²) >= 11 is 6.30. The topological polar surface area (TPSA) is 38.8 Å². The van der Waals surface area contributed by atoms with E-state index < -0.39 is 17.6 Å². The summed E-state index contributed by atoms with van der Waals surface area (Å²) in [5, 5.41) is 0. The number of nitrogens with zero attached hydrogens (tertiary/aromatic N) is 1. The van der Waals surface area contributed by atoms with Crippen LogP contribution in [0, 0.1) is 0 Å². The van der Waals surface area contributed by atoms with Crippen LogP contribution in [0.2, 0.25) is 0 Å². The van der Waals surface area contributed by atoms with Gasteiger partial charge in [0.2, 0.25) is 0 Å². The maximum Gasteiger partial charge on any atom is 0.416 e. The van der Waals surface area contributed by atoms with Crippen LogP contribution in [0.15, 0.2) is 54.0 Å². The molecule has 1 saturated heterocycles. The van der Waals surface area contributed by atoms with E-state index in [1.165, 1.54) is 26.4 Å². The summed E-state index contributed by atoms with van der Waals surface area (Å²) in [4.78, 5) is 14.4. The van der Waals surface area contributed by atoms with Gasteiger partial charge in [0.25, 0.3) is 5.91 Å². The quantitative estimate of drug-likeness (QED) is 0.304. The number of hydrogen-bond donors (Lipinski definition) is 0. The molecule has 0 atom stereocenters. The van der Waals surface area contributed by atoms with Crippen molar-refractivity contribution in [2.24, 2.45) is 0 Å². The van der Waals surface area contributed by atoms with Gasteiger partial charge in [-0.15, -0.1) is 6.58 Å². The average Bonchev–Trinajstić information content (AvgIpc) is 3.00. The number of thiocarbonyl (C=S) groups is 1. The van der Waals surface area contributed by atoms with Gasteiger partial charge in [0, 0.05) is 5.56 Å². The first-order chi connectivity index (χ1) is 14.7. The Morgan fingerprint density at radius 3 is 2.55 bits per heavy atom. The van der Waals surface area contributed by atoms with Gasteiger partial charge < -0.3 is 9.47 Å². The molecule has 1 aliphatic heterocycles. The highest BCUT2D eigenvalue weighted by atomic mass is 32.2. The number of thioether (sulfide) groups is 1. The summed E-state index contributed by atoms with van der Waals surface area (Å²) in [6.45, 7) is 3.74. The Balaban J connectivity index is 1.99. The van der Waals surface area contributed by atoms with Gasteiger partial charge >= 0.3 is 6.18 Å². The molecule has 1 heterocycles. The first-order valence-corrected chi connectivity index (χ1v) is 10.2. The van der Waals surface area contributed by atoms with Crippen LogP contribution in [-0.2, 0) is 17.4 Å². The van der Waals surface area contributed by atoms with Crippen LogP contribution in [0.25, 0.3) is 6.08 Å². The Kier molecular flexibility index (Phi) is 6.76. The van der Waals surface area contributed by atoms with Crippen molar-refractivity contribution in [3.8, 4) is 11.5 Å². The van der Waals surface area contributed by atoms with Crippen molar-refractivity contribution in [1.82, 2.24) is 0 Å². The standard InChI is InChI=1S/C22H18F3NO3S2/c1-4-6-14-9-13(10-17(28-2)19(14)29-3)11-18-20(27)26(21(30)31-18)16-8-5-7-15(12-16)22(23,24)25/h4-5,7-12H,1,6H2,2-3H3/b18-11+. The molecule has 1 fully saturated rings. The van der Waals surface area contributed by atoms with Gasteiger partial charge in [0.05, 0.1) is 30.4 Å². The van der Waals surface area contributed by atoms with Gasteiger partial charge in [-0.2, -0.15) is 13.2 Å². The maximum atomic E-state index is 13.1. The summed E-state index contributed by atoms with van der Waals surface area (Å²) in [5.74, 6) is 0.562. The van der Waals surface area contributed by atoms with Crippen LogP contribution in [-0.4, -0.2) is 24.4 Å². The minimum atomic E-state index is -4.52. The number of methoxy groups -OCH3 is 2. The van der Waals surface area contributed by atoms with Crippen molar-refractivity contribution in [2.45, 2.75) is 12.6 Å². The van der Waals surface area contributed by atoms with E-state index in [0.29, 0.717) is 28.4 Å². The Morgan fingerprint density at radius 1 is 1.19 bits per heavy atom. The van der Waals surface area contributed by atoms with Crippen LogP contribution in [0.1, 0.15) is 16.7 Å². The summed E-state index contributed by atoms with van der Waals surface area (Å²) < 4.78 is 50.1. The highest BCUT2D eigenvalue weighted by molar-refractivity contribution is 8.27. The van der Waals surface area contributed by atoms with Crippen molar-refractivity contribution in [3.63, 3.8) is 0 Å². The number of anilines is 1. The van der Waals surface area contributed by atoms with E-state index >= 15 is 0 Å². The van der Waals surface area contributed by atoms with Crippen LogP contribution in [0.4, 0.5) is 18.9 Å². The molecule has 162 valence electrons. The Morgan fingerprint density at radius 2 is 1.94 bits per heavy atom. The van der Waals surface area contributed by atoms with Crippen molar-refractivity contribution >= 4 is 46.0 Å². The molecule has 9 heteroatoms. The van der Waals surface area contributed by atoms with Crippen LogP contribution in [0.3, 0.4) is 0 Å². The molecule has 1 amide bonds. The molecule has 0 spiro atoms. The molecule has 2 aromatic rings. The second kappa shape index (κ2) is 9.15. The van der Waals surface area contributed by atoms with Gasteiger partial charge in [-0.25, -0.2) is 0 Å². The van der Waals surface area contributed by atoms with E-state index in [9.17, 15) is 18.0 Å². The highest BCUT2D eigenvalue weighted by Gasteiger charge is 2.36. The van der Waals surface area contributed by atoms with Crippen LogP contribution < -0.4 is 14.4 Å². The zero-order valence-corrected chi connectivity index (χ0v) is 18.3. The fraction of sp³-hybridized carbons (Fsp3) is 0.182. The van der Waals surface area contributed by atoms with E-state index in [1.54, 1.807) is 18.2 Å². The first kappa shape index (κ1) is 22.9. The smallest absolute Gasteiger partial charge is 0.416 e. The Hall–Kier alpha value is -2.78. The predicted molar refractivity (Wildman–Crippen MR) is 121 cm³/mol. The lowest BCUT2D eigenvalue weighted by atomic mass is 10.0. The van der Waals surface area contributed by atoms with Crippen LogP contribution >= 0.6 is 24.0 Å². The average molecular weight is 466 g/mol. The van der Waals surface area contributed by atoms with Gasteiger partial charge in [-0.1, -0.05) is 36.1 Å². The zero-order valence-electron chi connectivity index (χ0n) is 16.7. The molecule has 31 heavy (non-hydrogen) atoms. The van der Waals surface area contributed by atoms with Crippen molar-refractivity contribution in [2.75, 3.05) is 19.1 Å². The Bertz CT molecular complexity index is 1080. The molecule has 0 saturated carbocycles. The molecule has 0 radical (unpaired) electrons. The molecule has 1 aliphatic rings. The highest BCUT2D eigenvalue weighted by Crippen LogP contribution is 2.40. The van der Waals surface area contributed by atoms with E-state index in [4.69, 9.17) is 21.7 Å². The van der Waals surface area contributed by atoms with E-state index in [-0.39, 0.29) is 10.0 Å². The number of benzene rings is 2. The lowest BCUT2D eigenvalue weighted by molar-refractivity contribution is -0.137. The van der Waals surface area contributed by atoms with Gasteiger partial charge in [-0.3, -0.25) is 9.69 Å². The molecular weight excluding hydrogens is 447 g/mol. The SMILES string of the molecule is C=CCc1cc(/C=C2/SC(=S)N(c3cccc(C(F)(F)F)c3)C2=O)cc(OC)c1OC.